The van der Waals surface area contributed by atoms with Crippen LogP contribution in [0.15, 0.2) is 4.52 Å². The van der Waals surface area contributed by atoms with Crippen LogP contribution in [0.2, 0.25) is 0 Å². The third-order valence-electron chi connectivity index (χ3n) is 2.24. The van der Waals surface area contributed by atoms with E-state index in [9.17, 15) is 4.79 Å². The van der Waals surface area contributed by atoms with Crippen molar-refractivity contribution in [3.8, 4) is 0 Å². The Balaban J connectivity index is 1.91. The van der Waals surface area contributed by atoms with Crippen LogP contribution < -0.4 is 0 Å². The van der Waals surface area contributed by atoms with Gasteiger partial charge in [-0.05, 0) is 0 Å². The lowest BCUT2D eigenvalue weighted by atomic mass is 10.3. The molecule has 2 rings (SSSR count). The van der Waals surface area contributed by atoms with E-state index >= 15 is 0 Å². The van der Waals surface area contributed by atoms with Gasteiger partial charge in [-0.25, -0.2) is 0 Å². The molecule has 1 saturated heterocycles. The number of morpholine rings is 1. The zero-order valence-corrected chi connectivity index (χ0v) is 8.60. The van der Waals surface area contributed by atoms with Crippen LogP contribution >= 0.6 is 0 Å². The predicted octanol–water partition coefficient (Wildman–Crippen LogP) is -0.221. The van der Waals surface area contributed by atoms with Crippen LogP contribution in [0.1, 0.15) is 11.7 Å². The third kappa shape index (κ3) is 2.53. The van der Waals surface area contributed by atoms with Crippen LogP contribution in [0.25, 0.3) is 0 Å². The average Bonchev–Trinajstić information content (AvgIpc) is 2.65. The molecule has 15 heavy (non-hydrogen) atoms. The van der Waals surface area contributed by atoms with E-state index in [2.05, 4.69) is 10.1 Å². The van der Waals surface area contributed by atoms with Gasteiger partial charge in [-0.1, -0.05) is 5.16 Å². The van der Waals surface area contributed by atoms with Crippen LogP contribution in [0, 0.1) is 6.92 Å². The molecule has 0 bridgehead atoms. The molecule has 0 spiro atoms. The first-order chi connectivity index (χ1) is 7.25. The monoisotopic (exact) mass is 211 g/mol. The largest absolute Gasteiger partial charge is 0.378 e. The lowest BCUT2D eigenvalue weighted by Gasteiger charge is -2.26. The minimum absolute atomic E-state index is 0.0269. The summed E-state index contributed by atoms with van der Waals surface area (Å²) in [6.45, 7) is 4.22. The SMILES string of the molecule is Cc1nc(CC(=O)N2CCOCC2)no1. The molecule has 0 unspecified atom stereocenters. The second-order valence-corrected chi connectivity index (χ2v) is 3.40. The maximum atomic E-state index is 11.7. The van der Waals surface area contributed by atoms with Gasteiger partial charge in [0.15, 0.2) is 5.82 Å². The molecule has 0 N–H and O–H groups in total. The molecule has 1 aliphatic heterocycles. The number of amides is 1. The molecule has 2 heterocycles. The van der Waals surface area contributed by atoms with Gasteiger partial charge in [-0.15, -0.1) is 0 Å². The molecule has 0 atom stereocenters. The van der Waals surface area contributed by atoms with Gasteiger partial charge in [0.2, 0.25) is 11.8 Å². The number of rotatable bonds is 2. The molecule has 0 aromatic carbocycles. The number of nitrogens with zero attached hydrogens (tertiary/aromatic N) is 3. The van der Waals surface area contributed by atoms with Crippen molar-refractivity contribution < 1.29 is 14.1 Å². The minimum Gasteiger partial charge on any atom is -0.378 e. The van der Waals surface area contributed by atoms with Gasteiger partial charge in [-0.2, -0.15) is 4.98 Å². The Morgan fingerprint density at radius 1 is 1.47 bits per heavy atom. The molecule has 1 aliphatic rings. The molecule has 0 aliphatic carbocycles. The molecule has 1 amide bonds. The molecule has 6 heteroatoms. The highest BCUT2D eigenvalue weighted by atomic mass is 16.5. The van der Waals surface area contributed by atoms with Crippen molar-refractivity contribution in [2.45, 2.75) is 13.3 Å². The highest BCUT2D eigenvalue weighted by Crippen LogP contribution is 2.02. The standard InChI is InChI=1S/C9H13N3O3/c1-7-10-8(11-15-7)6-9(13)12-2-4-14-5-3-12/h2-6H2,1H3. The van der Waals surface area contributed by atoms with Crippen LogP contribution in [0.3, 0.4) is 0 Å². The molecule has 1 aromatic rings. The van der Waals surface area contributed by atoms with E-state index in [0.29, 0.717) is 38.0 Å². The van der Waals surface area contributed by atoms with Gasteiger partial charge in [-0.3, -0.25) is 4.79 Å². The summed E-state index contributed by atoms with van der Waals surface area (Å²) in [7, 11) is 0. The number of aromatic nitrogens is 2. The number of ether oxygens (including phenoxy) is 1. The Morgan fingerprint density at radius 2 is 2.20 bits per heavy atom. The summed E-state index contributed by atoms with van der Waals surface area (Å²) in [4.78, 5) is 17.5. The second kappa shape index (κ2) is 4.39. The lowest BCUT2D eigenvalue weighted by Crippen LogP contribution is -2.41. The zero-order valence-electron chi connectivity index (χ0n) is 8.60. The maximum absolute atomic E-state index is 11.7. The van der Waals surface area contributed by atoms with E-state index in [0.717, 1.165) is 0 Å². The van der Waals surface area contributed by atoms with E-state index in [4.69, 9.17) is 9.26 Å². The van der Waals surface area contributed by atoms with Crippen LogP contribution in [-0.2, 0) is 16.0 Å². The first-order valence-electron chi connectivity index (χ1n) is 4.90. The Labute approximate surface area is 87.2 Å². The normalized spacial score (nSPS) is 16.7. The Bertz CT molecular complexity index is 344. The van der Waals surface area contributed by atoms with E-state index in [1.807, 2.05) is 0 Å². The van der Waals surface area contributed by atoms with Crippen molar-refractivity contribution in [1.29, 1.82) is 0 Å². The summed E-state index contributed by atoms with van der Waals surface area (Å²) >= 11 is 0. The number of hydrogen-bond acceptors (Lipinski definition) is 5. The summed E-state index contributed by atoms with van der Waals surface area (Å²) in [5.74, 6) is 0.961. The quantitative estimate of drug-likeness (QED) is 0.676. The first-order valence-corrected chi connectivity index (χ1v) is 4.90. The molecule has 1 fully saturated rings. The first kappa shape index (κ1) is 10.1. The van der Waals surface area contributed by atoms with Crippen molar-refractivity contribution in [3.63, 3.8) is 0 Å². The van der Waals surface area contributed by atoms with Crippen LogP contribution in [0.4, 0.5) is 0 Å². The van der Waals surface area contributed by atoms with Crippen molar-refractivity contribution in [3.05, 3.63) is 11.7 Å². The van der Waals surface area contributed by atoms with Gasteiger partial charge in [0.25, 0.3) is 0 Å². The number of carbonyl (C=O) groups excluding carboxylic acids is 1. The summed E-state index contributed by atoms with van der Waals surface area (Å²) in [6, 6.07) is 0. The van der Waals surface area contributed by atoms with Crippen molar-refractivity contribution in [2.24, 2.45) is 0 Å². The Kier molecular flexibility index (Phi) is 2.96. The van der Waals surface area contributed by atoms with Gasteiger partial charge >= 0.3 is 0 Å². The van der Waals surface area contributed by atoms with E-state index in [1.165, 1.54) is 0 Å². The highest BCUT2D eigenvalue weighted by molar-refractivity contribution is 5.78. The number of hydrogen-bond donors (Lipinski definition) is 0. The van der Waals surface area contributed by atoms with Crippen molar-refractivity contribution >= 4 is 5.91 Å². The van der Waals surface area contributed by atoms with Crippen LogP contribution in [-0.4, -0.2) is 47.3 Å². The molecular weight excluding hydrogens is 198 g/mol. The van der Waals surface area contributed by atoms with Gasteiger partial charge in [0.05, 0.1) is 19.6 Å². The molecule has 1 aromatic heterocycles. The van der Waals surface area contributed by atoms with Gasteiger partial charge < -0.3 is 14.2 Å². The maximum Gasteiger partial charge on any atom is 0.230 e. The van der Waals surface area contributed by atoms with Gasteiger partial charge in [0.1, 0.15) is 0 Å². The Hall–Kier alpha value is -1.43. The van der Waals surface area contributed by atoms with E-state index in [1.54, 1.807) is 11.8 Å². The van der Waals surface area contributed by atoms with E-state index < -0.39 is 0 Å². The highest BCUT2D eigenvalue weighted by Gasteiger charge is 2.18. The summed E-state index contributed by atoms with van der Waals surface area (Å²) < 4.78 is 9.96. The summed E-state index contributed by atoms with van der Waals surface area (Å²) in [5.41, 5.74) is 0. The van der Waals surface area contributed by atoms with Crippen LogP contribution in [0.5, 0.6) is 0 Å². The number of carbonyl (C=O) groups is 1. The molecular formula is C9H13N3O3. The zero-order chi connectivity index (χ0) is 10.7. The fraction of sp³-hybridized carbons (Fsp3) is 0.667. The fourth-order valence-electron chi connectivity index (χ4n) is 1.47. The predicted molar refractivity (Wildman–Crippen MR) is 50.1 cm³/mol. The molecule has 0 radical (unpaired) electrons. The fourth-order valence-corrected chi connectivity index (χ4v) is 1.47. The molecule has 82 valence electrons. The summed E-state index contributed by atoms with van der Waals surface area (Å²) in [6.07, 6.45) is 0.206. The van der Waals surface area contributed by atoms with Crippen molar-refractivity contribution in [1.82, 2.24) is 15.0 Å². The molecule has 0 saturated carbocycles. The molecule has 6 nitrogen and oxygen atoms in total. The van der Waals surface area contributed by atoms with Gasteiger partial charge in [0, 0.05) is 20.0 Å². The summed E-state index contributed by atoms with van der Waals surface area (Å²) in [5, 5.41) is 3.69. The van der Waals surface area contributed by atoms with E-state index in [-0.39, 0.29) is 12.3 Å². The Morgan fingerprint density at radius 3 is 2.80 bits per heavy atom. The van der Waals surface area contributed by atoms with Crippen molar-refractivity contribution in [2.75, 3.05) is 26.3 Å². The average molecular weight is 211 g/mol. The number of aryl methyl sites for hydroxylation is 1. The smallest absolute Gasteiger partial charge is 0.230 e. The topological polar surface area (TPSA) is 68.5 Å². The lowest BCUT2D eigenvalue weighted by molar-refractivity contribution is -0.134. The second-order valence-electron chi connectivity index (χ2n) is 3.40. The third-order valence-corrected chi connectivity index (χ3v) is 2.24. The minimum atomic E-state index is 0.0269.